The van der Waals surface area contributed by atoms with E-state index < -0.39 is 33.9 Å². The second-order valence-corrected chi connectivity index (χ2v) is 11.5. The first-order valence-corrected chi connectivity index (χ1v) is 14.6. The van der Waals surface area contributed by atoms with E-state index >= 15 is 0 Å². The summed E-state index contributed by atoms with van der Waals surface area (Å²) in [6, 6.07) is 22.2. The number of fused-ring (bicyclic) bond motifs is 3. The van der Waals surface area contributed by atoms with Crippen LogP contribution in [0.1, 0.15) is 48.8 Å². The van der Waals surface area contributed by atoms with E-state index in [4.69, 9.17) is 19.4 Å². The molecule has 3 aromatic carbocycles. The first-order valence-electron chi connectivity index (χ1n) is 12.8. The summed E-state index contributed by atoms with van der Waals surface area (Å²) < 4.78 is 39.2. The van der Waals surface area contributed by atoms with Crippen LogP contribution >= 0.6 is 0 Å². The van der Waals surface area contributed by atoms with Crippen molar-refractivity contribution < 1.29 is 31.7 Å². The molecule has 4 rings (SSSR count). The average Bonchev–Trinajstić information content (AvgIpc) is 3.20. The second-order valence-electron chi connectivity index (χ2n) is 9.93. The summed E-state index contributed by atoms with van der Waals surface area (Å²) >= 11 is 0. The molecule has 39 heavy (non-hydrogen) atoms. The highest BCUT2D eigenvalue weighted by Crippen LogP contribution is 2.44. The number of carbonyl (C=O) groups excluding carboxylic acids is 2. The Balaban J connectivity index is 1.60. The molecule has 0 radical (unpaired) electrons. The average molecular weight is 552 g/mol. The smallest absolute Gasteiger partial charge is 0.313 e. The molecule has 9 heteroatoms. The Morgan fingerprint density at radius 1 is 0.897 bits per heavy atom. The highest BCUT2D eigenvalue weighted by molar-refractivity contribution is 7.86. The molecule has 1 aliphatic carbocycles. The van der Waals surface area contributed by atoms with E-state index in [1.807, 2.05) is 36.4 Å². The third-order valence-electron chi connectivity index (χ3n) is 6.67. The highest BCUT2D eigenvalue weighted by atomic mass is 32.2. The summed E-state index contributed by atoms with van der Waals surface area (Å²) in [7, 11) is -3.71. The molecule has 0 saturated carbocycles. The Bertz CT molecular complexity index is 1390. The largest absolute Gasteiger partial charge is 0.464 e. The molecule has 0 bridgehead atoms. The van der Waals surface area contributed by atoms with Crippen molar-refractivity contribution in [3.8, 4) is 16.9 Å². The van der Waals surface area contributed by atoms with Crippen LogP contribution in [0.3, 0.4) is 0 Å². The SMILES string of the molecule is CC(C)OC(=O)CC(CN)C(C(=O)OCC1c2ccccc2-c2ccccc21)c1ccc(OS(C)(=O)=O)cc1. The molecule has 1 aliphatic rings. The topological polar surface area (TPSA) is 122 Å². The van der Waals surface area contributed by atoms with Gasteiger partial charge in [0.25, 0.3) is 0 Å². The monoisotopic (exact) mass is 551 g/mol. The van der Waals surface area contributed by atoms with E-state index in [2.05, 4.69) is 12.1 Å². The lowest BCUT2D eigenvalue weighted by Gasteiger charge is -2.26. The standard InChI is InChI=1S/C30H33NO7S/c1-19(2)37-28(32)16-21(17-31)29(20-12-14-22(15-13-20)38-39(3,34)35)30(33)36-18-27-25-10-6-4-8-23(25)24-9-5-7-11-26(24)27/h4-15,19,21,27,29H,16-18,31H2,1-3H3. The Morgan fingerprint density at radius 2 is 1.46 bits per heavy atom. The molecule has 206 valence electrons. The van der Waals surface area contributed by atoms with Gasteiger partial charge in [-0.3, -0.25) is 9.59 Å². The van der Waals surface area contributed by atoms with Crippen molar-refractivity contribution in [3.05, 3.63) is 89.5 Å². The molecule has 0 aliphatic heterocycles. The van der Waals surface area contributed by atoms with Crippen molar-refractivity contribution in [2.24, 2.45) is 11.7 Å². The van der Waals surface area contributed by atoms with Crippen molar-refractivity contribution in [2.75, 3.05) is 19.4 Å². The van der Waals surface area contributed by atoms with Gasteiger partial charge in [-0.15, -0.1) is 0 Å². The Morgan fingerprint density at radius 3 is 1.97 bits per heavy atom. The maximum atomic E-state index is 13.7. The molecule has 0 heterocycles. The van der Waals surface area contributed by atoms with Gasteiger partial charge in [0.1, 0.15) is 12.4 Å². The van der Waals surface area contributed by atoms with Crippen LogP contribution in [-0.2, 0) is 29.2 Å². The molecule has 0 fully saturated rings. The molecule has 3 aromatic rings. The number of hydrogen-bond donors (Lipinski definition) is 1. The number of nitrogens with two attached hydrogens (primary N) is 1. The van der Waals surface area contributed by atoms with Gasteiger partial charge in [-0.1, -0.05) is 60.7 Å². The molecular weight excluding hydrogens is 518 g/mol. The van der Waals surface area contributed by atoms with Gasteiger partial charge in [-0.25, -0.2) is 0 Å². The summed E-state index contributed by atoms with van der Waals surface area (Å²) in [4.78, 5) is 26.2. The normalized spacial score (nSPS) is 14.3. The minimum Gasteiger partial charge on any atom is -0.464 e. The summed E-state index contributed by atoms with van der Waals surface area (Å²) in [5.41, 5.74) is 11.0. The van der Waals surface area contributed by atoms with Crippen LogP contribution < -0.4 is 9.92 Å². The Kier molecular flexibility index (Phi) is 8.72. The number of carbonyl (C=O) groups is 2. The van der Waals surface area contributed by atoms with E-state index in [0.29, 0.717) is 5.56 Å². The molecule has 2 atom stereocenters. The summed E-state index contributed by atoms with van der Waals surface area (Å²) in [6.07, 6.45) is 0.562. The van der Waals surface area contributed by atoms with Gasteiger partial charge in [0.15, 0.2) is 0 Å². The quantitative estimate of drug-likeness (QED) is 0.275. The lowest BCUT2D eigenvalue weighted by Crippen LogP contribution is -2.32. The molecule has 0 aromatic heterocycles. The third-order valence-corrected chi connectivity index (χ3v) is 7.16. The van der Waals surface area contributed by atoms with Gasteiger partial charge in [0.2, 0.25) is 0 Å². The Labute approximate surface area is 229 Å². The van der Waals surface area contributed by atoms with Crippen molar-refractivity contribution in [1.29, 1.82) is 0 Å². The molecule has 0 saturated heterocycles. The number of rotatable bonds is 11. The zero-order valence-corrected chi connectivity index (χ0v) is 23.0. The fraction of sp³-hybridized carbons (Fsp3) is 0.333. The predicted octanol–water partition coefficient (Wildman–Crippen LogP) is 4.38. The van der Waals surface area contributed by atoms with Crippen LogP contribution in [-0.4, -0.2) is 45.9 Å². The highest BCUT2D eigenvalue weighted by Gasteiger charge is 2.35. The fourth-order valence-electron chi connectivity index (χ4n) is 5.06. The van der Waals surface area contributed by atoms with Crippen molar-refractivity contribution in [3.63, 3.8) is 0 Å². The summed E-state index contributed by atoms with van der Waals surface area (Å²) in [6.45, 7) is 3.65. The molecule has 0 amide bonds. The molecule has 0 spiro atoms. The Hall–Kier alpha value is -3.69. The molecule has 2 N–H and O–H groups in total. The maximum absolute atomic E-state index is 13.7. The first-order chi connectivity index (χ1) is 18.6. The van der Waals surface area contributed by atoms with Gasteiger partial charge in [-0.05, 0) is 66.3 Å². The molecule has 8 nitrogen and oxygen atoms in total. The van der Waals surface area contributed by atoms with Gasteiger partial charge < -0.3 is 19.4 Å². The van der Waals surface area contributed by atoms with E-state index in [0.717, 1.165) is 28.5 Å². The summed E-state index contributed by atoms with van der Waals surface area (Å²) in [5.74, 6) is -2.50. The number of hydrogen-bond acceptors (Lipinski definition) is 8. The third kappa shape index (κ3) is 6.85. The number of esters is 2. The van der Waals surface area contributed by atoms with E-state index in [9.17, 15) is 18.0 Å². The van der Waals surface area contributed by atoms with Crippen LogP contribution in [0.15, 0.2) is 72.8 Å². The lowest BCUT2D eigenvalue weighted by molar-refractivity contribution is -0.151. The van der Waals surface area contributed by atoms with Crippen LogP contribution in [0.5, 0.6) is 5.75 Å². The maximum Gasteiger partial charge on any atom is 0.313 e. The van der Waals surface area contributed by atoms with E-state index in [-0.39, 0.29) is 37.3 Å². The van der Waals surface area contributed by atoms with Crippen molar-refractivity contribution in [1.82, 2.24) is 0 Å². The van der Waals surface area contributed by atoms with E-state index in [1.54, 1.807) is 26.0 Å². The first kappa shape index (κ1) is 28.3. The lowest BCUT2D eigenvalue weighted by atomic mass is 9.83. The van der Waals surface area contributed by atoms with Gasteiger partial charge in [0.05, 0.1) is 24.7 Å². The fourth-order valence-corrected chi connectivity index (χ4v) is 5.52. The van der Waals surface area contributed by atoms with Gasteiger partial charge in [0, 0.05) is 5.92 Å². The number of ether oxygens (including phenoxy) is 2. The zero-order valence-electron chi connectivity index (χ0n) is 22.2. The van der Waals surface area contributed by atoms with Gasteiger partial charge >= 0.3 is 22.1 Å². The minimum atomic E-state index is -3.71. The zero-order chi connectivity index (χ0) is 28.2. The van der Waals surface area contributed by atoms with Crippen LogP contribution in [0, 0.1) is 5.92 Å². The molecule has 2 unspecified atom stereocenters. The van der Waals surface area contributed by atoms with Crippen molar-refractivity contribution in [2.45, 2.75) is 38.2 Å². The van der Waals surface area contributed by atoms with Crippen LogP contribution in [0.25, 0.3) is 11.1 Å². The van der Waals surface area contributed by atoms with Crippen LogP contribution in [0.2, 0.25) is 0 Å². The van der Waals surface area contributed by atoms with Crippen LogP contribution in [0.4, 0.5) is 0 Å². The van der Waals surface area contributed by atoms with Gasteiger partial charge in [-0.2, -0.15) is 8.42 Å². The predicted molar refractivity (Wildman–Crippen MR) is 148 cm³/mol. The molecular formula is C30H33NO7S. The van der Waals surface area contributed by atoms with Crippen molar-refractivity contribution >= 4 is 22.1 Å². The second kappa shape index (κ2) is 12.0. The number of benzene rings is 3. The summed E-state index contributed by atoms with van der Waals surface area (Å²) in [5, 5.41) is 0. The van der Waals surface area contributed by atoms with E-state index in [1.165, 1.54) is 12.1 Å². The minimum absolute atomic E-state index is 0.0314.